The fraction of sp³-hybridized carbons (Fsp3) is 0.529. The first-order valence-electron chi connectivity index (χ1n) is 8.39. The lowest BCUT2D eigenvalue weighted by atomic mass is 9.89. The summed E-state index contributed by atoms with van der Waals surface area (Å²) in [7, 11) is 1.90. The molecular weight excluding hydrogens is 354 g/mol. The van der Waals surface area contributed by atoms with Crippen molar-refractivity contribution in [1.29, 1.82) is 5.26 Å². The maximum absolute atomic E-state index is 12.3. The summed E-state index contributed by atoms with van der Waals surface area (Å²) in [5, 5.41) is 22.0. The Labute approximate surface area is 155 Å². The lowest BCUT2D eigenvalue weighted by molar-refractivity contribution is -0.113. The summed E-state index contributed by atoms with van der Waals surface area (Å²) < 4.78 is 1.91. The maximum Gasteiger partial charge on any atom is 0.235 e. The molecule has 0 saturated carbocycles. The van der Waals surface area contributed by atoms with Gasteiger partial charge in [0.15, 0.2) is 5.16 Å². The number of aryl methyl sites for hydroxylation is 1. The zero-order valence-electron chi connectivity index (χ0n) is 14.6. The number of thioether (sulfide) groups is 1. The Bertz CT molecular complexity index is 833. The summed E-state index contributed by atoms with van der Waals surface area (Å²) in [5.41, 5.74) is 1.78. The molecule has 3 rings (SSSR count). The van der Waals surface area contributed by atoms with Gasteiger partial charge in [-0.3, -0.25) is 4.79 Å². The quantitative estimate of drug-likeness (QED) is 0.812. The van der Waals surface area contributed by atoms with Crippen molar-refractivity contribution >= 4 is 34.0 Å². The zero-order chi connectivity index (χ0) is 18.0. The number of nitrogens with zero attached hydrogens (tertiary/aromatic N) is 4. The minimum atomic E-state index is -0.116. The molecule has 2 heterocycles. The molecule has 0 spiro atoms. The second-order valence-corrected chi connectivity index (χ2v) is 8.36. The number of amides is 1. The number of rotatable bonds is 5. The van der Waals surface area contributed by atoms with E-state index in [1.54, 1.807) is 11.3 Å². The Morgan fingerprint density at radius 3 is 3.00 bits per heavy atom. The zero-order valence-corrected chi connectivity index (χ0v) is 16.3. The average molecular weight is 376 g/mol. The number of anilines is 1. The number of carbonyl (C=O) groups excluding carboxylic acids is 1. The van der Waals surface area contributed by atoms with E-state index in [1.165, 1.54) is 16.6 Å². The third-order valence-corrected chi connectivity index (χ3v) is 6.64. The van der Waals surface area contributed by atoms with E-state index in [4.69, 9.17) is 0 Å². The van der Waals surface area contributed by atoms with E-state index < -0.39 is 0 Å². The van der Waals surface area contributed by atoms with Crippen molar-refractivity contribution < 1.29 is 4.79 Å². The van der Waals surface area contributed by atoms with Gasteiger partial charge >= 0.3 is 0 Å². The van der Waals surface area contributed by atoms with Crippen LogP contribution in [0.15, 0.2) is 5.16 Å². The number of carbonyl (C=O) groups is 1. The standard InChI is InChI=1S/C17H21N5OS2/c1-4-14-20-21-17(22(14)3)24-9-15(23)19-16-12(8-18)11-6-5-10(2)7-13(11)25-16/h10H,4-7,9H2,1-3H3,(H,19,23). The van der Waals surface area contributed by atoms with E-state index >= 15 is 0 Å². The van der Waals surface area contributed by atoms with Crippen molar-refractivity contribution in [2.24, 2.45) is 13.0 Å². The summed E-state index contributed by atoms with van der Waals surface area (Å²) in [6, 6.07) is 2.28. The molecule has 0 fully saturated rings. The van der Waals surface area contributed by atoms with Crippen molar-refractivity contribution in [2.75, 3.05) is 11.1 Å². The van der Waals surface area contributed by atoms with Gasteiger partial charge in [0.25, 0.3) is 0 Å². The van der Waals surface area contributed by atoms with E-state index in [1.807, 2.05) is 18.5 Å². The molecule has 0 bridgehead atoms. The highest BCUT2D eigenvalue weighted by Gasteiger charge is 2.24. The van der Waals surface area contributed by atoms with Crippen LogP contribution in [-0.2, 0) is 31.1 Å². The Kier molecular flexibility index (Phi) is 5.45. The summed E-state index contributed by atoms with van der Waals surface area (Å²) in [5.74, 6) is 1.67. The molecule has 6 nitrogen and oxygen atoms in total. The number of thiophene rings is 1. The van der Waals surface area contributed by atoms with Crippen molar-refractivity contribution in [2.45, 2.75) is 44.7 Å². The molecular formula is C17H21N5OS2. The lowest BCUT2D eigenvalue weighted by Gasteiger charge is -2.17. The molecule has 25 heavy (non-hydrogen) atoms. The smallest absolute Gasteiger partial charge is 0.235 e. The minimum Gasteiger partial charge on any atom is -0.316 e. The largest absolute Gasteiger partial charge is 0.316 e. The first-order chi connectivity index (χ1) is 12.0. The predicted octanol–water partition coefficient (Wildman–Crippen LogP) is 3.17. The topological polar surface area (TPSA) is 83.6 Å². The molecule has 1 atom stereocenters. The third kappa shape index (κ3) is 3.72. The van der Waals surface area contributed by atoms with Gasteiger partial charge in [0.2, 0.25) is 5.91 Å². The van der Waals surface area contributed by atoms with Crippen molar-refractivity contribution in [3.05, 3.63) is 21.8 Å². The first-order valence-corrected chi connectivity index (χ1v) is 10.2. The Morgan fingerprint density at radius 2 is 2.32 bits per heavy atom. The van der Waals surface area contributed by atoms with E-state index in [-0.39, 0.29) is 11.7 Å². The second kappa shape index (κ2) is 7.58. The fourth-order valence-electron chi connectivity index (χ4n) is 3.03. The van der Waals surface area contributed by atoms with E-state index in [0.29, 0.717) is 16.5 Å². The average Bonchev–Trinajstić information content (AvgIpc) is 3.11. The van der Waals surface area contributed by atoms with Crippen LogP contribution in [-0.4, -0.2) is 26.4 Å². The van der Waals surface area contributed by atoms with Crippen LogP contribution in [0, 0.1) is 17.2 Å². The van der Waals surface area contributed by atoms with Crippen LogP contribution in [0.2, 0.25) is 0 Å². The molecule has 2 aromatic rings. The van der Waals surface area contributed by atoms with Crippen LogP contribution in [0.1, 0.15) is 42.1 Å². The lowest BCUT2D eigenvalue weighted by Crippen LogP contribution is -2.14. The molecule has 1 N–H and O–H groups in total. The Balaban J connectivity index is 1.67. The highest BCUT2D eigenvalue weighted by Crippen LogP contribution is 2.39. The molecule has 0 radical (unpaired) electrons. The SMILES string of the molecule is CCc1nnc(SCC(=O)Nc2sc3c(c2C#N)CCC(C)C3)n1C. The van der Waals surface area contributed by atoms with Crippen molar-refractivity contribution in [3.63, 3.8) is 0 Å². The van der Waals surface area contributed by atoms with Crippen LogP contribution in [0.5, 0.6) is 0 Å². The number of nitrogens with one attached hydrogen (secondary N) is 1. The minimum absolute atomic E-state index is 0.116. The molecule has 2 aromatic heterocycles. The Hall–Kier alpha value is -1.85. The predicted molar refractivity (Wildman–Crippen MR) is 100.0 cm³/mol. The van der Waals surface area contributed by atoms with Crippen LogP contribution in [0.3, 0.4) is 0 Å². The summed E-state index contributed by atoms with van der Waals surface area (Å²) >= 11 is 2.91. The van der Waals surface area contributed by atoms with Crippen molar-refractivity contribution in [3.8, 4) is 6.07 Å². The summed E-state index contributed by atoms with van der Waals surface area (Å²) in [6.45, 7) is 4.25. The summed E-state index contributed by atoms with van der Waals surface area (Å²) in [4.78, 5) is 13.6. The van der Waals surface area contributed by atoms with E-state index in [9.17, 15) is 10.1 Å². The van der Waals surface area contributed by atoms with Gasteiger partial charge in [-0.1, -0.05) is 25.6 Å². The van der Waals surface area contributed by atoms with Crippen LogP contribution < -0.4 is 5.32 Å². The van der Waals surface area contributed by atoms with Crippen LogP contribution in [0.4, 0.5) is 5.00 Å². The number of fused-ring (bicyclic) bond motifs is 1. The van der Waals surface area contributed by atoms with Gasteiger partial charge in [0.1, 0.15) is 16.9 Å². The van der Waals surface area contributed by atoms with Gasteiger partial charge in [0, 0.05) is 18.3 Å². The van der Waals surface area contributed by atoms with Crippen LogP contribution >= 0.6 is 23.1 Å². The van der Waals surface area contributed by atoms with Crippen molar-refractivity contribution in [1.82, 2.24) is 14.8 Å². The number of hydrogen-bond acceptors (Lipinski definition) is 6. The second-order valence-electron chi connectivity index (χ2n) is 6.32. The monoisotopic (exact) mass is 375 g/mol. The highest BCUT2D eigenvalue weighted by atomic mass is 32.2. The number of nitriles is 1. The fourth-order valence-corrected chi connectivity index (χ4v) is 5.14. The molecule has 1 aliphatic rings. The molecule has 0 aromatic carbocycles. The molecule has 0 aliphatic heterocycles. The summed E-state index contributed by atoms with van der Waals surface area (Å²) in [6.07, 6.45) is 3.84. The van der Waals surface area contributed by atoms with Gasteiger partial charge in [-0.2, -0.15) is 5.26 Å². The normalized spacial score (nSPS) is 16.3. The molecule has 8 heteroatoms. The Morgan fingerprint density at radius 1 is 1.52 bits per heavy atom. The molecule has 1 aliphatic carbocycles. The van der Waals surface area contributed by atoms with E-state index in [2.05, 4.69) is 28.5 Å². The maximum atomic E-state index is 12.3. The van der Waals surface area contributed by atoms with Gasteiger partial charge in [-0.25, -0.2) is 0 Å². The third-order valence-electron chi connectivity index (χ3n) is 4.45. The first kappa shape index (κ1) is 18.0. The molecule has 0 saturated heterocycles. The highest BCUT2D eigenvalue weighted by molar-refractivity contribution is 7.99. The molecule has 1 amide bonds. The molecule has 1 unspecified atom stereocenters. The number of hydrogen-bond donors (Lipinski definition) is 1. The van der Waals surface area contributed by atoms with Gasteiger partial charge in [-0.05, 0) is 30.7 Å². The number of aromatic nitrogens is 3. The molecule has 132 valence electrons. The van der Waals surface area contributed by atoms with E-state index in [0.717, 1.165) is 42.2 Å². The van der Waals surface area contributed by atoms with Gasteiger partial charge in [-0.15, -0.1) is 21.5 Å². The van der Waals surface area contributed by atoms with Crippen LogP contribution in [0.25, 0.3) is 0 Å². The van der Waals surface area contributed by atoms with Gasteiger partial charge < -0.3 is 9.88 Å². The van der Waals surface area contributed by atoms with Gasteiger partial charge in [0.05, 0.1) is 11.3 Å².